The van der Waals surface area contributed by atoms with E-state index in [4.69, 9.17) is 11.6 Å². The van der Waals surface area contributed by atoms with Crippen LogP contribution in [0.3, 0.4) is 0 Å². The Morgan fingerprint density at radius 1 is 1.33 bits per heavy atom. The van der Waals surface area contributed by atoms with Gasteiger partial charge in [0.25, 0.3) is 5.91 Å². The highest BCUT2D eigenvalue weighted by Crippen LogP contribution is 2.28. The highest BCUT2D eigenvalue weighted by Gasteiger charge is 2.16. The molecule has 0 saturated heterocycles. The molecule has 0 aliphatic carbocycles. The van der Waals surface area contributed by atoms with Gasteiger partial charge in [0.05, 0.1) is 33.9 Å². The van der Waals surface area contributed by atoms with E-state index in [0.717, 1.165) is 22.3 Å². The van der Waals surface area contributed by atoms with E-state index in [1.54, 1.807) is 29.1 Å². The Balaban J connectivity index is 1.66. The number of H-pyrrole nitrogens is 1. The van der Waals surface area contributed by atoms with Crippen molar-refractivity contribution in [1.82, 2.24) is 30.3 Å². The molecule has 4 aromatic rings. The lowest BCUT2D eigenvalue weighted by molar-refractivity contribution is 0.0955. The zero-order chi connectivity index (χ0) is 21.3. The molecule has 0 fully saturated rings. The van der Waals surface area contributed by atoms with Crippen LogP contribution in [-0.4, -0.2) is 37.4 Å². The van der Waals surface area contributed by atoms with Crippen LogP contribution in [0.15, 0.2) is 36.5 Å². The Kier molecular flexibility index (Phi) is 5.21. The van der Waals surface area contributed by atoms with Crippen LogP contribution in [0.1, 0.15) is 34.2 Å². The first-order valence-electron chi connectivity index (χ1n) is 9.35. The van der Waals surface area contributed by atoms with Crippen LogP contribution in [-0.2, 0) is 13.5 Å². The number of nitrogens with zero attached hydrogens (tertiary/aromatic N) is 5. The molecule has 2 aromatic heterocycles. The molecule has 0 unspecified atom stereocenters. The summed E-state index contributed by atoms with van der Waals surface area (Å²) in [5.41, 5.74) is 3.06. The number of rotatable bonds is 5. The largest absolute Gasteiger partial charge is 0.352 e. The van der Waals surface area contributed by atoms with Gasteiger partial charge in [-0.05, 0) is 30.7 Å². The fourth-order valence-electron chi connectivity index (χ4n) is 3.26. The number of fused-ring (bicyclic) bond motifs is 1. The molecule has 2 heterocycles. The molecule has 30 heavy (non-hydrogen) atoms. The Bertz CT molecular complexity index is 1300. The van der Waals surface area contributed by atoms with Crippen molar-refractivity contribution < 1.29 is 4.79 Å². The number of benzene rings is 2. The summed E-state index contributed by atoms with van der Waals surface area (Å²) in [6.45, 7) is 2.32. The molecule has 0 bridgehead atoms. The monoisotopic (exact) mass is 419 g/mol. The maximum absolute atomic E-state index is 12.1. The summed E-state index contributed by atoms with van der Waals surface area (Å²) in [7, 11) is 1.81. The third-order valence-electron chi connectivity index (χ3n) is 4.82. The van der Waals surface area contributed by atoms with Crippen LogP contribution in [0.25, 0.3) is 22.3 Å². The summed E-state index contributed by atoms with van der Waals surface area (Å²) >= 11 is 6.53. The van der Waals surface area contributed by atoms with E-state index >= 15 is 0 Å². The van der Waals surface area contributed by atoms with Crippen molar-refractivity contribution in [2.75, 3.05) is 6.54 Å². The minimum Gasteiger partial charge on any atom is -0.352 e. The fraction of sp³-hybridized carbons (Fsp3) is 0.190. The second-order valence-electron chi connectivity index (χ2n) is 6.75. The summed E-state index contributed by atoms with van der Waals surface area (Å²) in [6, 6.07) is 10.9. The van der Waals surface area contributed by atoms with Crippen LogP contribution < -0.4 is 5.32 Å². The smallest absolute Gasteiger partial charge is 0.252 e. The lowest BCUT2D eigenvalue weighted by atomic mass is 10.0. The van der Waals surface area contributed by atoms with Crippen molar-refractivity contribution in [3.8, 4) is 17.5 Å². The van der Waals surface area contributed by atoms with Gasteiger partial charge in [0.1, 0.15) is 5.82 Å². The molecule has 0 spiro atoms. The first-order valence-corrected chi connectivity index (χ1v) is 9.72. The van der Waals surface area contributed by atoms with Crippen molar-refractivity contribution in [3.05, 3.63) is 64.1 Å². The lowest BCUT2D eigenvalue weighted by Gasteiger charge is -2.05. The second-order valence-corrected chi connectivity index (χ2v) is 7.13. The van der Waals surface area contributed by atoms with E-state index in [1.165, 1.54) is 0 Å². The first-order chi connectivity index (χ1) is 14.5. The molecular formula is C21H18ClN7O. The zero-order valence-electron chi connectivity index (χ0n) is 16.4. The molecule has 150 valence electrons. The van der Waals surface area contributed by atoms with E-state index in [0.29, 0.717) is 34.9 Å². The van der Waals surface area contributed by atoms with Gasteiger partial charge in [-0.3, -0.25) is 14.6 Å². The van der Waals surface area contributed by atoms with Gasteiger partial charge in [-0.25, -0.2) is 4.98 Å². The molecule has 1 amide bonds. The maximum atomic E-state index is 12.1. The fourth-order valence-corrected chi connectivity index (χ4v) is 3.54. The predicted octanol–water partition coefficient (Wildman–Crippen LogP) is 3.22. The van der Waals surface area contributed by atoms with Crippen molar-refractivity contribution in [2.24, 2.45) is 7.05 Å². The van der Waals surface area contributed by atoms with Gasteiger partial charge in [-0.15, -0.1) is 0 Å². The number of amides is 1. The van der Waals surface area contributed by atoms with E-state index in [1.807, 2.05) is 26.1 Å². The van der Waals surface area contributed by atoms with Crippen molar-refractivity contribution in [1.29, 1.82) is 5.26 Å². The Labute approximate surface area is 177 Å². The molecule has 0 saturated carbocycles. The highest BCUT2D eigenvalue weighted by molar-refractivity contribution is 6.36. The van der Waals surface area contributed by atoms with E-state index < -0.39 is 0 Å². The number of halogens is 1. The lowest BCUT2D eigenvalue weighted by Crippen LogP contribution is -2.23. The quantitative estimate of drug-likeness (QED) is 0.515. The van der Waals surface area contributed by atoms with Crippen molar-refractivity contribution >= 4 is 28.4 Å². The molecule has 2 N–H and O–H groups in total. The van der Waals surface area contributed by atoms with E-state index in [2.05, 4.69) is 31.7 Å². The number of aromatic nitrogens is 5. The van der Waals surface area contributed by atoms with Crippen LogP contribution in [0, 0.1) is 11.3 Å². The van der Waals surface area contributed by atoms with Gasteiger partial charge in [0.15, 0.2) is 5.82 Å². The molecular weight excluding hydrogens is 402 g/mol. The summed E-state index contributed by atoms with van der Waals surface area (Å²) in [5.74, 6) is 0.924. The number of aromatic amines is 1. The second kappa shape index (κ2) is 7.97. The minimum absolute atomic E-state index is 0.278. The molecule has 0 radical (unpaired) electrons. The van der Waals surface area contributed by atoms with Crippen LogP contribution in [0.5, 0.6) is 0 Å². The van der Waals surface area contributed by atoms with E-state index in [9.17, 15) is 10.1 Å². The normalized spacial score (nSPS) is 10.9. The summed E-state index contributed by atoms with van der Waals surface area (Å²) in [4.78, 5) is 16.8. The van der Waals surface area contributed by atoms with Gasteiger partial charge in [0, 0.05) is 31.0 Å². The topological polar surface area (TPSA) is 112 Å². The number of carbonyl (C=O) groups excluding carboxylic acids is 1. The van der Waals surface area contributed by atoms with Crippen molar-refractivity contribution in [3.63, 3.8) is 0 Å². The minimum atomic E-state index is -0.278. The third-order valence-corrected chi connectivity index (χ3v) is 5.27. The molecule has 4 rings (SSSR count). The average Bonchev–Trinajstić information content (AvgIpc) is 3.37. The number of aryl methyl sites for hydroxylation is 1. The number of carbonyl (C=O) groups is 1. The maximum Gasteiger partial charge on any atom is 0.252 e. The molecule has 8 nitrogen and oxygen atoms in total. The number of hydrogen-bond acceptors (Lipinski definition) is 5. The van der Waals surface area contributed by atoms with Gasteiger partial charge in [0.2, 0.25) is 0 Å². The van der Waals surface area contributed by atoms with Gasteiger partial charge in [-0.2, -0.15) is 15.5 Å². The van der Waals surface area contributed by atoms with Gasteiger partial charge < -0.3 is 5.32 Å². The Hall–Kier alpha value is -3.70. The molecule has 2 aromatic carbocycles. The predicted molar refractivity (Wildman–Crippen MR) is 113 cm³/mol. The molecule has 9 heteroatoms. The Morgan fingerprint density at radius 2 is 2.17 bits per heavy atom. The van der Waals surface area contributed by atoms with Crippen LogP contribution >= 0.6 is 11.6 Å². The number of nitrogens with one attached hydrogen (secondary N) is 2. The highest BCUT2D eigenvalue weighted by atomic mass is 35.5. The molecule has 0 atom stereocenters. The summed E-state index contributed by atoms with van der Waals surface area (Å²) in [6.07, 6.45) is 2.19. The summed E-state index contributed by atoms with van der Waals surface area (Å²) in [5, 5.41) is 25.1. The van der Waals surface area contributed by atoms with Gasteiger partial charge >= 0.3 is 0 Å². The zero-order valence-corrected chi connectivity index (χ0v) is 17.2. The average molecular weight is 420 g/mol. The third kappa shape index (κ3) is 3.51. The van der Waals surface area contributed by atoms with E-state index in [-0.39, 0.29) is 11.5 Å². The molecule has 0 aliphatic rings. The molecule has 0 aliphatic heterocycles. The SMILES string of the molecule is CCNC(=O)c1ccc(-c2nc(Cc3ccc4[nH]ncc4c3Cl)n(C)n2)cc1C#N. The first kappa shape index (κ1) is 19.6. The van der Waals surface area contributed by atoms with Crippen LogP contribution in [0.4, 0.5) is 0 Å². The summed E-state index contributed by atoms with van der Waals surface area (Å²) < 4.78 is 1.69. The van der Waals surface area contributed by atoms with Gasteiger partial charge in [-0.1, -0.05) is 23.7 Å². The van der Waals surface area contributed by atoms with Crippen molar-refractivity contribution in [2.45, 2.75) is 13.3 Å². The number of nitriles is 1. The standard InChI is InChI=1S/C21H18ClN7O/c1-3-24-21(30)15-6-4-13(8-14(15)10-23)20-26-18(29(2)28-20)9-12-5-7-17-16(19(12)22)11-25-27-17/h4-8,11H,3,9H2,1-2H3,(H,24,30)(H,25,27). The van der Waals surface area contributed by atoms with Crippen LogP contribution in [0.2, 0.25) is 5.02 Å². The Morgan fingerprint density at radius 3 is 2.93 bits per heavy atom. The number of hydrogen-bond donors (Lipinski definition) is 2.